The molecule has 60 heavy (non-hydrogen) atoms. The van der Waals surface area contributed by atoms with Crippen molar-refractivity contribution >= 4 is 32.7 Å². The zero-order valence-corrected chi connectivity index (χ0v) is 32.5. The van der Waals surface area contributed by atoms with E-state index in [1.54, 1.807) is 0 Å². The molecule has 1 aliphatic carbocycles. The standard InChI is InChI=1S/C56H35N3O/c1-4-15-36(16-5-1)53-57-54(37-17-6-2-7-18-37)59-55(58-53)48-24-14-19-40-33-38(27-30-43(40)48)39-28-31-46-47-32-29-42(35-52(47)60-51(46)34-39)56(41-20-8-3-9-21-41)49-25-12-10-22-44(49)45-23-11-13-26-50(45)56/h1-35H. The summed E-state index contributed by atoms with van der Waals surface area (Å²) in [6.07, 6.45) is 0. The third kappa shape index (κ3) is 5.28. The van der Waals surface area contributed by atoms with Crippen LogP contribution in [0.4, 0.5) is 0 Å². The highest BCUT2D eigenvalue weighted by Crippen LogP contribution is 2.56. The van der Waals surface area contributed by atoms with Crippen molar-refractivity contribution < 1.29 is 4.42 Å². The van der Waals surface area contributed by atoms with Crippen LogP contribution < -0.4 is 0 Å². The molecule has 9 aromatic carbocycles. The number of hydrogen-bond acceptors (Lipinski definition) is 4. The summed E-state index contributed by atoms with van der Waals surface area (Å²) in [5.41, 5.74) is 13.9. The lowest BCUT2D eigenvalue weighted by Crippen LogP contribution is -2.28. The van der Waals surface area contributed by atoms with E-state index in [1.807, 2.05) is 60.7 Å². The second kappa shape index (κ2) is 13.6. The quantitative estimate of drug-likeness (QED) is 0.169. The molecule has 12 rings (SSSR count). The fraction of sp³-hybridized carbons (Fsp3) is 0.0179. The first-order valence-corrected chi connectivity index (χ1v) is 20.3. The van der Waals surface area contributed by atoms with Crippen molar-refractivity contribution in [2.75, 3.05) is 0 Å². The highest BCUT2D eigenvalue weighted by molar-refractivity contribution is 6.07. The number of hydrogen-bond donors (Lipinski definition) is 0. The second-order valence-corrected chi connectivity index (χ2v) is 15.5. The van der Waals surface area contributed by atoms with Crippen LogP contribution in [0.25, 0.3) is 89.1 Å². The van der Waals surface area contributed by atoms with E-state index in [-0.39, 0.29) is 0 Å². The predicted octanol–water partition coefficient (Wildman–Crippen LogP) is 14.0. The number of fused-ring (bicyclic) bond motifs is 7. The summed E-state index contributed by atoms with van der Waals surface area (Å²) in [7, 11) is 0. The molecule has 4 nitrogen and oxygen atoms in total. The van der Waals surface area contributed by atoms with Crippen molar-refractivity contribution in [3.8, 4) is 56.4 Å². The summed E-state index contributed by atoms with van der Waals surface area (Å²) in [4.78, 5) is 15.0. The fourth-order valence-corrected chi connectivity index (χ4v) is 9.49. The molecular weight excluding hydrogens is 731 g/mol. The van der Waals surface area contributed by atoms with Crippen LogP contribution in [-0.2, 0) is 5.41 Å². The molecule has 11 aromatic rings. The van der Waals surface area contributed by atoms with Crippen molar-refractivity contribution in [1.82, 2.24) is 15.0 Å². The summed E-state index contributed by atoms with van der Waals surface area (Å²) < 4.78 is 6.81. The second-order valence-electron chi connectivity index (χ2n) is 15.5. The smallest absolute Gasteiger partial charge is 0.164 e. The average molecular weight is 766 g/mol. The summed E-state index contributed by atoms with van der Waals surface area (Å²) in [6.45, 7) is 0. The Morgan fingerprint density at radius 3 is 1.47 bits per heavy atom. The topological polar surface area (TPSA) is 51.8 Å². The molecule has 0 bridgehead atoms. The monoisotopic (exact) mass is 765 g/mol. The summed E-state index contributed by atoms with van der Waals surface area (Å²) in [5.74, 6) is 1.93. The lowest BCUT2D eigenvalue weighted by molar-refractivity contribution is 0.666. The van der Waals surface area contributed by atoms with E-state index in [4.69, 9.17) is 19.4 Å². The minimum Gasteiger partial charge on any atom is -0.456 e. The van der Waals surface area contributed by atoms with Gasteiger partial charge >= 0.3 is 0 Å². The van der Waals surface area contributed by atoms with Gasteiger partial charge in [-0.05, 0) is 79.5 Å². The summed E-state index contributed by atoms with van der Waals surface area (Å²) in [6, 6.07) is 75.1. The molecule has 0 radical (unpaired) electrons. The highest BCUT2D eigenvalue weighted by Gasteiger charge is 2.46. The predicted molar refractivity (Wildman–Crippen MR) is 244 cm³/mol. The van der Waals surface area contributed by atoms with Crippen LogP contribution in [0.5, 0.6) is 0 Å². The van der Waals surface area contributed by atoms with Crippen molar-refractivity contribution in [3.05, 3.63) is 235 Å². The van der Waals surface area contributed by atoms with Crippen LogP contribution in [0.2, 0.25) is 0 Å². The van der Waals surface area contributed by atoms with Gasteiger partial charge in [0, 0.05) is 27.5 Å². The molecule has 2 heterocycles. The molecule has 0 fully saturated rings. The molecule has 0 spiro atoms. The van der Waals surface area contributed by atoms with E-state index in [1.165, 1.54) is 33.4 Å². The molecule has 0 saturated carbocycles. The molecule has 4 heteroatoms. The van der Waals surface area contributed by atoms with E-state index in [9.17, 15) is 0 Å². The van der Waals surface area contributed by atoms with Gasteiger partial charge in [-0.15, -0.1) is 0 Å². The van der Waals surface area contributed by atoms with Gasteiger partial charge in [-0.1, -0.05) is 188 Å². The van der Waals surface area contributed by atoms with Crippen LogP contribution in [0, 0.1) is 0 Å². The summed E-state index contributed by atoms with van der Waals surface area (Å²) >= 11 is 0. The average Bonchev–Trinajstić information content (AvgIpc) is 3.85. The van der Waals surface area contributed by atoms with Gasteiger partial charge < -0.3 is 4.42 Å². The Labute approximate surface area is 347 Å². The van der Waals surface area contributed by atoms with Gasteiger partial charge in [-0.25, -0.2) is 15.0 Å². The van der Waals surface area contributed by atoms with Gasteiger partial charge in [0.2, 0.25) is 0 Å². The number of nitrogens with zero attached hydrogens (tertiary/aromatic N) is 3. The van der Waals surface area contributed by atoms with Gasteiger partial charge in [0.1, 0.15) is 11.2 Å². The lowest BCUT2D eigenvalue weighted by Gasteiger charge is -2.33. The maximum Gasteiger partial charge on any atom is 0.164 e. The molecule has 0 unspecified atom stereocenters. The maximum absolute atomic E-state index is 6.81. The zero-order chi connectivity index (χ0) is 39.6. The Hall–Kier alpha value is -7.95. The molecule has 0 atom stereocenters. The van der Waals surface area contributed by atoms with Crippen LogP contribution in [0.3, 0.4) is 0 Å². The lowest BCUT2D eigenvalue weighted by atomic mass is 9.67. The molecule has 0 amide bonds. The molecule has 0 saturated heterocycles. The Morgan fingerprint density at radius 1 is 0.317 bits per heavy atom. The summed E-state index contributed by atoms with van der Waals surface area (Å²) in [5, 5.41) is 4.38. The first kappa shape index (κ1) is 34.1. The van der Waals surface area contributed by atoms with E-state index in [0.29, 0.717) is 17.5 Å². The molecule has 2 aromatic heterocycles. The van der Waals surface area contributed by atoms with Crippen LogP contribution in [0.1, 0.15) is 22.3 Å². The van der Waals surface area contributed by atoms with Gasteiger partial charge in [0.05, 0.1) is 5.41 Å². The third-order valence-corrected chi connectivity index (χ3v) is 12.2. The number of furan rings is 1. The van der Waals surface area contributed by atoms with E-state index in [2.05, 4.69) is 152 Å². The molecule has 280 valence electrons. The van der Waals surface area contributed by atoms with Crippen molar-refractivity contribution in [3.63, 3.8) is 0 Å². The Balaban J connectivity index is 0.957. The van der Waals surface area contributed by atoms with Crippen LogP contribution >= 0.6 is 0 Å². The zero-order valence-electron chi connectivity index (χ0n) is 32.5. The Kier molecular flexibility index (Phi) is 7.72. The van der Waals surface area contributed by atoms with Crippen LogP contribution in [0.15, 0.2) is 217 Å². The molecule has 0 aliphatic heterocycles. The first-order chi connectivity index (χ1) is 29.7. The normalized spacial score (nSPS) is 12.8. The largest absolute Gasteiger partial charge is 0.456 e. The minimum absolute atomic E-state index is 0.482. The SMILES string of the molecule is c1ccc(-c2nc(-c3ccccc3)nc(-c3cccc4cc(-c5ccc6c(c5)oc5cc(C7(c8ccccc8)c8ccccc8-c8ccccc87)ccc56)ccc34)n2)cc1. The van der Waals surface area contributed by atoms with Crippen molar-refractivity contribution in [2.24, 2.45) is 0 Å². The molecular formula is C56H35N3O. The first-order valence-electron chi connectivity index (χ1n) is 20.3. The maximum atomic E-state index is 6.81. The van der Waals surface area contributed by atoms with Gasteiger partial charge in [-0.2, -0.15) is 0 Å². The highest BCUT2D eigenvalue weighted by atomic mass is 16.3. The number of aromatic nitrogens is 3. The molecule has 1 aliphatic rings. The molecule has 0 N–H and O–H groups in total. The van der Waals surface area contributed by atoms with Gasteiger partial charge in [-0.3, -0.25) is 0 Å². The van der Waals surface area contributed by atoms with Gasteiger partial charge in [0.25, 0.3) is 0 Å². The third-order valence-electron chi connectivity index (χ3n) is 12.2. The van der Waals surface area contributed by atoms with E-state index < -0.39 is 5.41 Å². The van der Waals surface area contributed by atoms with E-state index >= 15 is 0 Å². The van der Waals surface area contributed by atoms with Crippen molar-refractivity contribution in [1.29, 1.82) is 0 Å². The van der Waals surface area contributed by atoms with E-state index in [0.717, 1.165) is 60.5 Å². The Bertz CT molecular complexity index is 3330. The number of benzene rings is 9. The van der Waals surface area contributed by atoms with Gasteiger partial charge in [0.15, 0.2) is 17.5 Å². The van der Waals surface area contributed by atoms with Crippen molar-refractivity contribution in [2.45, 2.75) is 5.41 Å². The van der Waals surface area contributed by atoms with Crippen LogP contribution in [-0.4, -0.2) is 15.0 Å². The fourth-order valence-electron chi connectivity index (χ4n) is 9.49. The number of rotatable bonds is 6. The minimum atomic E-state index is -0.482. The Morgan fingerprint density at radius 2 is 0.817 bits per heavy atom.